The number of rotatable bonds is 2. The average molecular weight is 538 g/mol. The van der Waals surface area contributed by atoms with Gasteiger partial charge >= 0.3 is 0 Å². The first kappa shape index (κ1) is 32.0. The van der Waals surface area contributed by atoms with E-state index in [-0.39, 0.29) is 30.6 Å². The Hall–Kier alpha value is 0.930. The number of alkyl halides is 1. The molecule has 19 heavy (non-hydrogen) atoms. The third-order valence-electron chi connectivity index (χ3n) is 0.874. The van der Waals surface area contributed by atoms with Gasteiger partial charge in [0.05, 0.1) is 0 Å². The highest BCUT2D eigenvalue weighted by Gasteiger charge is 1.79. The predicted molar refractivity (Wildman–Crippen MR) is 114 cm³/mol. The molecule has 0 atom stereocenters. The van der Waals surface area contributed by atoms with Crippen molar-refractivity contribution in [2.45, 2.75) is 20.8 Å². The largest absolute Gasteiger partial charge is 0.397 e. The molecule has 0 radical (unpaired) electrons. The van der Waals surface area contributed by atoms with Crippen molar-refractivity contribution in [3.8, 4) is 0 Å². The number of nitrogens with two attached hydrogens (primary N) is 2. The van der Waals surface area contributed by atoms with E-state index in [1.165, 1.54) is 11.8 Å². The Labute approximate surface area is 158 Å². The highest BCUT2D eigenvalue weighted by Crippen LogP contribution is 1.88. The smallest absolute Gasteiger partial charge is 0.163 e. The van der Waals surface area contributed by atoms with Gasteiger partial charge in [-0.15, -0.1) is 24.0 Å². The minimum Gasteiger partial charge on any atom is -0.397 e. The van der Waals surface area contributed by atoms with E-state index < -0.39 is 0 Å². The number of thioether (sulfide) groups is 1. The normalized spacial score (nSPS) is 8.05. The monoisotopic (exact) mass is 538 g/mol. The first-order chi connectivity index (χ1) is 8.49. The number of amidine groups is 1. The summed E-state index contributed by atoms with van der Waals surface area (Å²) in [5, 5.41) is 11.3. The fourth-order valence-corrected chi connectivity index (χ4v) is 0.797. The summed E-state index contributed by atoms with van der Waals surface area (Å²) in [7, 11) is 0. The highest BCUT2D eigenvalue weighted by atomic mass is 127. The fraction of sp³-hybridized carbons (Fsp3) is 0.800. The zero-order chi connectivity index (χ0) is 15.4. The number of thiocarbonyl (C=S) groups is 1. The zero-order valence-corrected chi connectivity index (χ0v) is 18.4. The lowest BCUT2D eigenvalue weighted by Crippen LogP contribution is -2.28. The molecule has 0 spiro atoms. The molecule has 5 nitrogen and oxygen atoms in total. The molecule has 0 aromatic heterocycles. The van der Waals surface area contributed by atoms with Gasteiger partial charge in [-0.05, 0) is 44.2 Å². The van der Waals surface area contributed by atoms with Gasteiger partial charge < -0.3 is 21.9 Å². The Kier molecular flexibility index (Phi) is 61.4. The van der Waals surface area contributed by atoms with Crippen molar-refractivity contribution >= 4 is 80.8 Å². The maximum absolute atomic E-state index is 7.57. The fourth-order valence-electron chi connectivity index (χ4n) is 0.395. The van der Waals surface area contributed by atoms with Crippen molar-refractivity contribution in [3.63, 3.8) is 0 Å². The summed E-state index contributed by atoms with van der Waals surface area (Å²) < 4.78 is 0. The van der Waals surface area contributed by atoms with Crippen LogP contribution in [0.2, 0.25) is 0 Å². The number of aliphatic imine (C=N–C) groups is 1. The van der Waals surface area contributed by atoms with Crippen LogP contribution in [0.15, 0.2) is 4.99 Å². The molecule has 0 aliphatic carbocycles. The van der Waals surface area contributed by atoms with Gasteiger partial charge in [0.25, 0.3) is 0 Å². The summed E-state index contributed by atoms with van der Waals surface area (Å²) >= 11 is 8.09. The zero-order valence-electron chi connectivity index (χ0n) is 12.3. The van der Waals surface area contributed by atoms with Crippen LogP contribution in [-0.4, -0.2) is 46.3 Å². The molecule has 6 N–H and O–H groups in total. The molecule has 0 aliphatic rings. The number of aliphatic hydroxyl groups is 1. The molecule has 0 saturated carbocycles. The van der Waals surface area contributed by atoms with Gasteiger partial charge in [-0.3, -0.25) is 4.99 Å². The molecule has 9 heteroatoms. The molecule has 0 amide bonds. The Balaban J connectivity index is -0.0000000499. The number of halogens is 2. The van der Waals surface area contributed by atoms with Gasteiger partial charge in [-0.2, -0.15) is 0 Å². The third-order valence-corrected chi connectivity index (χ3v) is 1.57. The van der Waals surface area contributed by atoms with Gasteiger partial charge in [0, 0.05) is 19.7 Å². The molecule has 0 aromatic rings. The number of aliphatic hydroxyl groups excluding tert-OH is 1. The molecule has 0 fully saturated rings. The quantitative estimate of drug-likeness (QED) is 0.142. The van der Waals surface area contributed by atoms with E-state index in [1.807, 2.05) is 25.0 Å². The molecule has 0 heterocycles. The Bertz CT molecular complexity index is 187. The van der Waals surface area contributed by atoms with Crippen LogP contribution < -0.4 is 16.8 Å². The molecule has 0 unspecified atom stereocenters. The Morgan fingerprint density at radius 3 is 1.74 bits per heavy atom. The number of hydrogen-bond acceptors (Lipinski definition) is 4. The molecule has 0 saturated heterocycles. The van der Waals surface area contributed by atoms with E-state index >= 15 is 0 Å². The number of nitrogens with zero attached hydrogens (tertiary/aromatic N) is 1. The molecular weight excluding hydrogens is 510 g/mol. The van der Waals surface area contributed by atoms with Crippen LogP contribution in [0.4, 0.5) is 0 Å². The summed E-state index contributed by atoms with van der Waals surface area (Å²) in [5.41, 5.74) is 10.3. The molecular formula is C10H28I2N4OS2. The van der Waals surface area contributed by atoms with Crippen LogP contribution in [0.5, 0.6) is 0 Å². The minimum absolute atomic E-state index is 0. The van der Waals surface area contributed by atoms with Gasteiger partial charge in [0.15, 0.2) is 10.3 Å². The highest BCUT2D eigenvalue weighted by molar-refractivity contribution is 14.1. The van der Waals surface area contributed by atoms with Crippen molar-refractivity contribution in [1.29, 1.82) is 0 Å². The van der Waals surface area contributed by atoms with Crippen LogP contribution in [0.25, 0.3) is 0 Å². The van der Waals surface area contributed by atoms with Crippen LogP contribution in [0.3, 0.4) is 0 Å². The van der Waals surface area contributed by atoms with E-state index in [0.29, 0.717) is 10.3 Å². The maximum Gasteiger partial charge on any atom is 0.163 e. The van der Waals surface area contributed by atoms with Crippen molar-refractivity contribution in [2.24, 2.45) is 16.5 Å². The predicted octanol–water partition coefficient (Wildman–Crippen LogP) is 2.19. The Morgan fingerprint density at radius 2 is 1.68 bits per heavy atom. The van der Waals surface area contributed by atoms with Gasteiger partial charge in [-0.1, -0.05) is 34.4 Å². The van der Waals surface area contributed by atoms with E-state index in [2.05, 4.69) is 45.1 Å². The molecule has 0 aromatic carbocycles. The van der Waals surface area contributed by atoms with E-state index in [0.717, 1.165) is 13.1 Å². The first-order valence-electron chi connectivity index (χ1n) is 5.35. The second kappa shape index (κ2) is 36.4. The van der Waals surface area contributed by atoms with Crippen LogP contribution in [-0.2, 0) is 0 Å². The van der Waals surface area contributed by atoms with Gasteiger partial charge in [-0.25, -0.2) is 0 Å². The summed E-state index contributed by atoms with van der Waals surface area (Å²) in [6.45, 7) is 7.43. The van der Waals surface area contributed by atoms with Crippen molar-refractivity contribution in [2.75, 3.05) is 30.9 Å². The standard InChI is InChI=1S/C4H10N2S.C3H8N2S.C2H6O.CH3I.HI/c1-3-6-4(5)7-2;1-2-5-3(4)6;1-2-3;1-2;/h3H2,1-2H3,(H2,5,6);2H2,1H3,(H3,4,5,6);3H,2H2,1H3;1H3;1H. The minimum atomic E-state index is 0. The van der Waals surface area contributed by atoms with E-state index in [4.69, 9.17) is 16.6 Å². The van der Waals surface area contributed by atoms with Crippen molar-refractivity contribution in [1.82, 2.24) is 5.32 Å². The van der Waals surface area contributed by atoms with Crippen LogP contribution >= 0.6 is 70.5 Å². The SMILES string of the molecule is CCN=C(N)SC.CCNC(N)=S.CCO.CI.I. The average Bonchev–Trinajstić information content (AvgIpc) is 2.33. The lowest BCUT2D eigenvalue weighted by molar-refractivity contribution is 0.318. The summed E-state index contributed by atoms with van der Waals surface area (Å²) in [5.74, 6) is 0. The molecule has 0 aliphatic heterocycles. The van der Waals surface area contributed by atoms with Crippen LogP contribution in [0.1, 0.15) is 20.8 Å². The molecule has 0 bridgehead atoms. The lowest BCUT2D eigenvalue weighted by atomic mass is 10.8. The summed E-state index contributed by atoms with van der Waals surface area (Å²) in [4.78, 5) is 5.87. The van der Waals surface area contributed by atoms with Crippen molar-refractivity contribution in [3.05, 3.63) is 0 Å². The second-order valence-corrected chi connectivity index (χ2v) is 3.49. The maximum atomic E-state index is 7.57. The molecule has 0 rings (SSSR count). The third kappa shape index (κ3) is 68.0. The summed E-state index contributed by atoms with van der Waals surface area (Å²) in [6.07, 6.45) is 1.91. The topological polar surface area (TPSA) is 96.7 Å². The van der Waals surface area contributed by atoms with E-state index in [1.54, 1.807) is 6.92 Å². The van der Waals surface area contributed by atoms with Crippen LogP contribution in [0, 0.1) is 0 Å². The molecule has 120 valence electrons. The van der Waals surface area contributed by atoms with Crippen molar-refractivity contribution < 1.29 is 5.11 Å². The Morgan fingerprint density at radius 1 is 1.32 bits per heavy atom. The number of hydrogen-bond donors (Lipinski definition) is 4. The summed E-state index contributed by atoms with van der Waals surface area (Å²) in [6, 6.07) is 0. The first-order valence-corrected chi connectivity index (χ1v) is 9.14. The van der Waals surface area contributed by atoms with E-state index in [9.17, 15) is 0 Å². The van der Waals surface area contributed by atoms with Gasteiger partial charge in [0.1, 0.15) is 0 Å². The van der Waals surface area contributed by atoms with Gasteiger partial charge in [0.2, 0.25) is 0 Å². The lowest BCUT2D eigenvalue weighted by Gasteiger charge is -1.92. The second-order valence-electron chi connectivity index (χ2n) is 2.23. The number of nitrogens with one attached hydrogen (secondary N) is 1.